The van der Waals surface area contributed by atoms with Gasteiger partial charge in [-0.25, -0.2) is 4.98 Å². The number of hydrogen-bond acceptors (Lipinski definition) is 3. The molecule has 2 N–H and O–H groups in total. The molecule has 5 heteroatoms. The van der Waals surface area contributed by atoms with Crippen molar-refractivity contribution in [1.82, 2.24) is 14.9 Å². The Morgan fingerprint density at radius 1 is 1.04 bits per heavy atom. The minimum atomic E-state index is -0.190. The highest BCUT2D eigenvalue weighted by Gasteiger charge is 2.08. The third-order valence-electron chi connectivity index (χ3n) is 3.61. The molecule has 2 heterocycles. The van der Waals surface area contributed by atoms with Gasteiger partial charge in [0.2, 0.25) is 0 Å². The highest BCUT2D eigenvalue weighted by Crippen LogP contribution is 2.10. The average Bonchev–Trinajstić information content (AvgIpc) is 3.14. The van der Waals surface area contributed by atoms with Crippen LogP contribution in [0.15, 0.2) is 67.1 Å². The molecule has 3 rings (SSSR count). The molecule has 116 valence electrons. The molecule has 0 aliphatic carbocycles. The summed E-state index contributed by atoms with van der Waals surface area (Å²) in [6.45, 7) is 0.327. The summed E-state index contributed by atoms with van der Waals surface area (Å²) in [5.41, 5.74) is 2.22. The van der Waals surface area contributed by atoms with Crippen molar-refractivity contribution in [2.45, 2.75) is 13.2 Å². The zero-order valence-corrected chi connectivity index (χ0v) is 12.5. The molecule has 0 spiro atoms. The number of amides is 1. The molecule has 3 aromatic rings. The third-order valence-corrected chi connectivity index (χ3v) is 3.61. The Hall–Kier alpha value is -2.92. The molecule has 0 aliphatic heterocycles. The SMILES string of the molecule is O=C(NCc1ccccc1CO)c1ccc(-n2cccc2)nc1. The molecule has 0 fully saturated rings. The molecular weight excluding hydrogens is 290 g/mol. The summed E-state index contributed by atoms with van der Waals surface area (Å²) in [4.78, 5) is 16.5. The van der Waals surface area contributed by atoms with E-state index in [0.29, 0.717) is 12.1 Å². The summed E-state index contributed by atoms with van der Waals surface area (Å²) in [5.74, 6) is 0.571. The van der Waals surface area contributed by atoms with Crippen LogP contribution >= 0.6 is 0 Å². The van der Waals surface area contributed by atoms with Crippen LogP contribution in [0.1, 0.15) is 21.5 Å². The van der Waals surface area contributed by atoms with Crippen LogP contribution in [-0.2, 0) is 13.2 Å². The van der Waals surface area contributed by atoms with Crippen LogP contribution in [0.25, 0.3) is 5.82 Å². The normalized spacial score (nSPS) is 10.5. The minimum Gasteiger partial charge on any atom is -0.392 e. The molecular formula is C18H17N3O2. The van der Waals surface area contributed by atoms with E-state index in [1.54, 1.807) is 18.3 Å². The lowest BCUT2D eigenvalue weighted by atomic mass is 10.1. The summed E-state index contributed by atoms with van der Waals surface area (Å²) in [6.07, 6.45) is 5.35. The van der Waals surface area contributed by atoms with Gasteiger partial charge in [-0.2, -0.15) is 0 Å². The van der Waals surface area contributed by atoms with Gasteiger partial charge in [0.15, 0.2) is 0 Å². The number of pyridine rings is 1. The van der Waals surface area contributed by atoms with Crippen molar-refractivity contribution in [2.75, 3.05) is 0 Å². The Morgan fingerprint density at radius 2 is 1.78 bits per heavy atom. The first-order valence-electron chi connectivity index (χ1n) is 7.33. The zero-order valence-electron chi connectivity index (χ0n) is 12.5. The van der Waals surface area contributed by atoms with Crippen molar-refractivity contribution >= 4 is 5.91 Å². The Labute approximate surface area is 134 Å². The molecule has 2 aromatic heterocycles. The fraction of sp³-hybridized carbons (Fsp3) is 0.111. The Morgan fingerprint density at radius 3 is 2.43 bits per heavy atom. The molecule has 0 radical (unpaired) electrons. The first kappa shape index (κ1) is 15.0. The average molecular weight is 307 g/mol. The van der Waals surface area contributed by atoms with Crippen molar-refractivity contribution in [3.63, 3.8) is 0 Å². The Kier molecular flexibility index (Phi) is 4.49. The van der Waals surface area contributed by atoms with Gasteiger partial charge in [-0.1, -0.05) is 24.3 Å². The van der Waals surface area contributed by atoms with E-state index in [4.69, 9.17) is 0 Å². The van der Waals surface area contributed by atoms with Crippen LogP contribution in [0.3, 0.4) is 0 Å². The fourth-order valence-corrected chi connectivity index (χ4v) is 2.32. The van der Waals surface area contributed by atoms with Crippen molar-refractivity contribution in [1.29, 1.82) is 0 Å². The van der Waals surface area contributed by atoms with E-state index in [2.05, 4.69) is 10.3 Å². The number of aromatic nitrogens is 2. The highest BCUT2D eigenvalue weighted by atomic mass is 16.3. The Balaban J connectivity index is 1.66. The number of nitrogens with zero attached hydrogens (tertiary/aromatic N) is 2. The predicted molar refractivity (Wildman–Crippen MR) is 87.1 cm³/mol. The van der Waals surface area contributed by atoms with Crippen molar-refractivity contribution in [2.24, 2.45) is 0 Å². The van der Waals surface area contributed by atoms with Crippen molar-refractivity contribution < 1.29 is 9.90 Å². The van der Waals surface area contributed by atoms with E-state index in [1.807, 2.05) is 53.4 Å². The van der Waals surface area contributed by atoms with Crippen LogP contribution < -0.4 is 5.32 Å². The molecule has 0 bridgehead atoms. The van der Waals surface area contributed by atoms with E-state index in [-0.39, 0.29) is 12.5 Å². The molecule has 1 amide bonds. The quantitative estimate of drug-likeness (QED) is 0.760. The van der Waals surface area contributed by atoms with Gasteiger partial charge in [-0.05, 0) is 35.4 Å². The topological polar surface area (TPSA) is 67.2 Å². The molecule has 0 aliphatic rings. The summed E-state index contributed by atoms with van der Waals surface area (Å²) in [6, 6.07) is 14.9. The van der Waals surface area contributed by atoms with E-state index in [9.17, 15) is 9.90 Å². The second-order valence-electron chi connectivity index (χ2n) is 5.10. The van der Waals surface area contributed by atoms with Gasteiger partial charge in [0, 0.05) is 25.1 Å². The standard InChI is InChI=1S/C18H17N3O2/c22-13-16-6-2-1-5-14(16)11-20-18(23)15-7-8-17(19-12-15)21-9-3-4-10-21/h1-10,12,22H,11,13H2,(H,20,23). The van der Waals surface area contributed by atoms with Crippen molar-refractivity contribution in [3.05, 3.63) is 83.8 Å². The lowest BCUT2D eigenvalue weighted by Gasteiger charge is -2.09. The number of carbonyl (C=O) groups is 1. The lowest BCUT2D eigenvalue weighted by Crippen LogP contribution is -2.23. The van der Waals surface area contributed by atoms with Crippen LogP contribution in [0.5, 0.6) is 0 Å². The molecule has 1 aromatic carbocycles. The number of benzene rings is 1. The molecule has 0 atom stereocenters. The predicted octanol–water partition coefficient (Wildman–Crippen LogP) is 2.29. The number of rotatable bonds is 5. The van der Waals surface area contributed by atoms with E-state index < -0.39 is 0 Å². The van der Waals surface area contributed by atoms with Gasteiger partial charge in [-0.3, -0.25) is 4.79 Å². The number of aliphatic hydroxyl groups is 1. The second-order valence-corrected chi connectivity index (χ2v) is 5.10. The largest absolute Gasteiger partial charge is 0.392 e. The lowest BCUT2D eigenvalue weighted by molar-refractivity contribution is 0.0950. The molecule has 0 saturated heterocycles. The molecule has 0 saturated carbocycles. The summed E-state index contributed by atoms with van der Waals surface area (Å²) in [5, 5.41) is 12.1. The molecule has 23 heavy (non-hydrogen) atoms. The smallest absolute Gasteiger partial charge is 0.253 e. The number of aliphatic hydroxyl groups excluding tert-OH is 1. The van der Waals surface area contributed by atoms with Gasteiger partial charge in [0.1, 0.15) is 5.82 Å². The monoisotopic (exact) mass is 307 g/mol. The maximum absolute atomic E-state index is 12.2. The van der Waals surface area contributed by atoms with Crippen LogP contribution in [0.2, 0.25) is 0 Å². The van der Waals surface area contributed by atoms with Crippen LogP contribution in [0, 0.1) is 0 Å². The molecule has 5 nitrogen and oxygen atoms in total. The van der Waals surface area contributed by atoms with Gasteiger partial charge in [0.05, 0.1) is 12.2 Å². The minimum absolute atomic E-state index is 0.0425. The maximum Gasteiger partial charge on any atom is 0.253 e. The van der Waals surface area contributed by atoms with Gasteiger partial charge in [-0.15, -0.1) is 0 Å². The van der Waals surface area contributed by atoms with Crippen molar-refractivity contribution in [3.8, 4) is 5.82 Å². The first-order valence-corrected chi connectivity index (χ1v) is 7.33. The number of hydrogen-bond donors (Lipinski definition) is 2. The second kappa shape index (κ2) is 6.89. The third kappa shape index (κ3) is 3.46. The van der Waals surface area contributed by atoms with E-state index >= 15 is 0 Å². The highest BCUT2D eigenvalue weighted by molar-refractivity contribution is 5.93. The summed E-state index contributed by atoms with van der Waals surface area (Å²) < 4.78 is 1.87. The van der Waals surface area contributed by atoms with E-state index in [1.165, 1.54) is 0 Å². The fourth-order valence-electron chi connectivity index (χ4n) is 2.32. The van der Waals surface area contributed by atoms with Gasteiger partial charge >= 0.3 is 0 Å². The number of nitrogens with one attached hydrogen (secondary N) is 1. The van der Waals surface area contributed by atoms with Crippen LogP contribution in [0.4, 0.5) is 0 Å². The van der Waals surface area contributed by atoms with Gasteiger partial charge < -0.3 is 15.0 Å². The van der Waals surface area contributed by atoms with Gasteiger partial charge in [0.25, 0.3) is 5.91 Å². The number of carbonyl (C=O) groups excluding carboxylic acids is 1. The first-order chi connectivity index (χ1) is 11.3. The summed E-state index contributed by atoms with van der Waals surface area (Å²) in [7, 11) is 0. The zero-order chi connectivity index (χ0) is 16.1. The summed E-state index contributed by atoms with van der Waals surface area (Å²) >= 11 is 0. The van der Waals surface area contributed by atoms with Crippen LogP contribution in [-0.4, -0.2) is 20.6 Å². The molecule has 0 unspecified atom stereocenters. The van der Waals surface area contributed by atoms with E-state index in [0.717, 1.165) is 16.9 Å². The maximum atomic E-state index is 12.2. The Bertz CT molecular complexity index is 780.